The number of carbonyl (C=O) groups is 2. The standard InChI is InChI=1S/C9H9N5O3/c10-8(15)5-17-13-9(16)6-3-12-14-2-1-11-4-7(6)14/h1-4H,5H2,(H2,10,15)(H,13,16). The number of nitrogens with two attached hydrogens (primary N) is 1. The normalized spacial score (nSPS) is 10.4. The van der Waals surface area contributed by atoms with Crippen molar-refractivity contribution >= 4 is 17.3 Å². The summed E-state index contributed by atoms with van der Waals surface area (Å²) in [6.45, 7) is -0.386. The van der Waals surface area contributed by atoms with Crippen molar-refractivity contribution in [2.75, 3.05) is 6.61 Å². The summed E-state index contributed by atoms with van der Waals surface area (Å²) in [6, 6.07) is 0. The predicted octanol–water partition coefficient (Wildman–Crippen LogP) is -1.12. The topological polar surface area (TPSA) is 112 Å². The van der Waals surface area contributed by atoms with Crippen molar-refractivity contribution < 1.29 is 14.4 Å². The van der Waals surface area contributed by atoms with E-state index in [-0.39, 0.29) is 6.61 Å². The minimum atomic E-state index is -0.674. The number of fused-ring (bicyclic) bond motifs is 1. The summed E-state index contributed by atoms with van der Waals surface area (Å²) in [5.74, 6) is -1.19. The van der Waals surface area contributed by atoms with E-state index in [1.165, 1.54) is 16.9 Å². The number of aromatic nitrogens is 3. The van der Waals surface area contributed by atoms with Crippen molar-refractivity contribution in [1.29, 1.82) is 0 Å². The molecule has 8 heteroatoms. The Hall–Kier alpha value is -2.48. The van der Waals surface area contributed by atoms with Gasteiger partial charge in [0.2, 0.25) is 5.91 Å². The van der Waals surface area contributed by atoms with Crippen LogP contribution in [0.1, 0.15) is 10.4 Å². The molecule has 0 aromatic carbocycles. The zero-order chi connectivity index (χ0) is 12.3. The van der Waals surface area contributed by atoms with Crippen molar-refractivity contribution in [2.45, 2.75) is 0 Å². The first-order valence-electron chi connectivity index (χ1n) is 4.66. The van der Waals surface area contributed by atoms with E-state index in [0.29, 0.717) is 11.1 Å². The van der Waals surface area contributed by atoms with Crippen LogP contribution in [0.2, 0.25) is 0 Å². The highest BCUT2D eigenvalue weighted by Gasteiger charge is 2.12. The van der Waals surface area contributed by atoms with Gasteiger partial charge in [0.1, 0.15) is 0 Å². The monoisotopic (exact) mass is 235 g/mol. The first kappa shape index (κ1) is 11.0. The lowest BCUT2D eigenvalue weighted by atomic mass is 10.3. The Bertz CT molecular complexity index is 565. The van der Waals surface area contributed by atoms with Gasteiger partial charge in [0.05, 0.1) is 23.5 Å². The highest BCUT2D eigenvalue weighted by molar-refractivity contribution is 5.99. The lowest BCUT2D eigenvalue weighted by molar-refractivity contribution is -0.124. The van der Waals surface area contributed by atoms with Gasteiger partial charge in [-0.15, -0.1) is 0 Å². The third kappa shape index (κ3) is 2.37. The summed E-state index contributed by atoms with van der Waals surface area (Å²) >= 11 is 0. The van der Waals surface area contributed by atoms with Crippen LogP contribution in [-0.2, 0) is 9.63 Å². The van der Waals surface area contributed by atoms with E-state index in [1.54, 1.807) is 12.4 Å². The Morgan fingerprint density at radius 1 is 1.47 bits per heavy atom. The van der Waals surface area contributed by atoms with Gasteiger partial charge in [0.15, 0.2) is 6.61 Å². The smallest absolute Gasteiger partial charge is 0.278 e. The lowest BCUT2D eigenvalue weighted by Crippen LogP contribution is -2.29. The second-order valence-corrected chi connectivity index (χ2v) is 3.15. The van der Waals surface area contributed by atoms with Crippen LogP contribution < -0.4 is 11.2 Å². The van der Waals surface area contributed by atoms with E-state index in [0.717, 1.165) is 0 Å². The minimum Gasteiger partial charge on any atom is -0.368 e. The van der Waals surface area contributed by atoms with Gasteiger partial charge in [-0.2, -0.15) is 5.10 Å². The third-order valence-electron chi connectivity index (χ3n) is 1.95. The molecule has 2 aromatic rings. The largest absolute Gasteiger partial charge is 0.368 e. The summed E-state index contributed by atoms with van der Waals surface area (Å²) in [7, 11) is 0. The molecule has 2 amide bonds. The van der Waals surface area contributed by atoms with Gasteiger partial charge in [-0.3, -0.25) is 19.4 Å². The first-order chi connectivity index (χ1) is 8.18. The number of primary amides is 1. The second-order valence-electron chi connectivity index (χ2n) is 3.15. The summed E-state index contributed by atoms with van der Waals surface area (Å²) in [6.07, 6.45) is 6.03. The molecule has 0 aliphatic rings. The maximum absolute atomic E-state index is 11.6. The summed E-state index contributed by atoms with van der Waals surface area (Å²) in [4.78, 5) is 30.5. The SMILES string of the molecule is NC(=O)CONC(=O)c1cnn2ccncc12. The average molecular weight is 235 g/mol. The number of hydroxylamine groups is 1. The fourth-order valence-electron chi connectivity index (χ4n) is 1.24. The number of amides is 2. The molecule has 2 aromatic heterocycles. The van der Waals surface area contributed by atoms with Crippen LogP contribution in [0.3, 0.4) is 0 Å². The second kappa shape index (κ2) is 4.58. The van der Waals surface area contributed by atoms with Crippen molar-refractivity contribution in [1.82, 2.24) is 20.1 Å². The summed E-state index contributed by atoms with van der Waals surface area (Å²) < 4.78 is 1.50. The highest BCUT2D eigenvalue weighted by atomic mass is 16.7. The molecule has 0 saturated heterocycles. The Morgan fingerprint density at radius 3 is 3.06 bits per heavy atom. The van der Waals surface area contributed by atoms with Gasteiger partial charge in [-0.25, -0.2) is 10.00 Å². The molecular formula is C9H9N5O3. The zero-order valence-corrected chi connectivity index (χ0v) is 8.66. The van der Waals surface area contributed by atoms with Gasteiger partial charge < -0.3 is 5.73 Å². The molecule has 0 saturated carbocycles. The van der Waals surface area contributed by atoms with Gasteiger partial charge in [-0.05, 0) is 0 Å². The molecule has 3 N–H and O–H groups in total. The summed E-state index contributed by atoms with van der Waals surface area (Å²) in [5.41, 5.74) is 7.76. The molecule has 0 unspecified atom stereocenters. The molecule has 0 atom stereocenters. The van der Waals surface area contributed by atoms with Crippen LogP contribution in [-0.4, -0.2) is 33.0 Å². The van der Waals surface area contributed by atoms with Crippen molar-refractivity contribution in [2.24, 2.45) is 5.73 Å². The summed E-state index contributed by atoms with van der Waals surface area (Å²) in [5, 5.41) is 3.95. The maximum Gasteiger partial charge on any atom is 0.278 e. The van der Waals surface area contributed by atoms with E-state index in [2.05, 4.69) is 20.4 Å². The average Bonchev–Trinajstić information content (AvgIpc) is 2.72. The Balaban J connectivity index is 2.11. The minimum absolute atomic E-state index is 0.294. The van der Waals surface area contributed by atoms with Crippen LogP contribution in [0.5, 0.6) is 0 Å². The number of nitrogens with zero attached hydrogens (tertiary/aromatic N) is 3. The quantitative estimate of drug-likeness (QED) is 0.651. The van der Waals surface area contributed by atoms with E-state index >= 15 is 0 Å². The lowest BCUT2D eigenvalue weighted by Gasteiger charge is -2.02. The predicted molar refractivity (Wildman–Crippen MR) is 55.6 cm³/mol. The molecule has 0 spiro atoms. The fourth-order valence-corrected chi connectivity index (χ4v) is 1.24. The molecule has 0 radical (unpaired) electrons. The molecule has 88 valence electrons. The Labute approximate surface area is 95.3 Å². The van der Waals surface area contributed by atoms with E-state index in [9.17, 15) is 9.59 Å². The fraction of sp³-hybridized carbons (Fsp3) is 0.111. The molecule has 2 heterocycles. The van der Waals surface area contributed by atoms with E-state index in [4.69, 9.17) is 5.73 Å². The molecule has 0 bridgehead atoms. The van der Waals surface area contributed by atoms with Crippen LogP contribution >= 0.6 is 0 Å². The number of rotatable bonds is 4. The van der Waals surface area contributed by atoms with Crippen LogP contribution in [0, 0.1) is 0 Å². The van der Waals surface area contributed by atoms with E-state index < -0.39 is 11.8 Å². The van der Waals surface area contributed by atoms with Crippen LogP contribution in [0.4, 0.5) is 0 Å². The molecule has 17 heavy (non-hydrogen) atoms. The molecule has 0 aliphatic heterocycles. The van der Waals surface area contributed by atoms with Crippen molar-refractivity contribution in [3.05, 3.63) is 30.4 Å². The Kier molecular flexibility index (Phi) is 2.97. The van der Waals surface area contributed by atoms with Gasteiger partial charge in [-0.1, -0.05) is 0 Å². The van der Waals surface area contributed by atoms with E-state index in [1.807, 2.05) is 0 Å². The Morgan fingerprint density at radius 2 is 2.29 bits per heavy atom. The number of nitrogens with one attached hydrogen (secondary N) is 1. The molecule has 0 aliphatic carbocycles. The molecule has 0 fully saturated rings. The van der Waals surface area contributed by atoms with Crippen molar-refractivity contribution in [3.8, 4) is 0 Å². The number of carbonyl (C=O) groups excluding carboxylic acids is 2. The van der Waals surface area contributed by atoms with Gasteiger partial charge in [0, 0.05) is 12.4 Å². The highest BCUT2D eigenvalue weighted by Crippen LogP contribution is 2.07. The molecule has 2 rings (SSSR count). The van der Waals surface area contributed by atoms with Crippen LogP contribution in [0.25, 0.3) is 5.52 Å². The maximum atomic E-state index is 11.6. The number of hydrogen-bond acceptors (Lipinski definition) is 5. The molecular weight excluding hydrogens is 226 g/mol. The van der Waals surface area contributed by atoms with Crippen molar-refractivity contribution in [3.63, 3.8) is 0 Å². The van der Waals surface area contributed by atoms with Gasteiger partial charge >= 0.3 is 0 Å². The van der Waals surface area contributed by atoms with Gasteiger partial charge in [0.25, 0.3) is 5.91 Å². The number of hydrogen-bond donors (Lipinski definition) is 2. The van der Waals surface area contributed by atoms with Crippen LogP contribution in [0.15, 0.2) is 24.8 Å². The zero-order valence-electron chi connectivity index (χ0n) is 8.66. The third-order valence-corrected chi connectivity index (χ3v) is 1.95. The molecule has 8 nitrogen and oxygen atoms in total. The first-order valence-corrected chi connectivity index (χ1v) is 4.66.